The van der Waals surface area contributed by atoms with Crippen LogP contribution in [-0.2, 0) is 9.53 Å². The van der Waals surface area contributed by atoms with Crippen LogP contribution >= 0.6 is 0 Å². The Kier molecular flexibility index (Phi) is 7.24. The molecule has 0 aromatic rings. The average Bonchev–Trinajstić information content (AvgIpc) is 2.40. The van der Waals surface area contributed by atoms with Gasteiger partial charge in [0.05, 0.1) is 0 Å². The number of carbonyl (C=O) groups excluding carboxylic acids is 1. The van der Waals surface area contributed by atoms with E-state index in [4.69, 9.17) is 4.74 Å². The van der Waals surface area contributed by atoms with Gasteiger partial charge in [-0.3, -0.25) is 4.79 Å². The Balaban J connectivity index is 1.77. The fraction of sp³-hybridized carbons (Fsp3) is 0.950. The SMILES string of the molecule is CC1(C)OC(=O)CCCCCCCCCCCCC2CC1C2. The van der Waals surface area contributed by atoms with Crippen molar-refractivity contribution in [3.05, 3.63) is 0 Å². The molecule has 0 aromatic carbocycles. The van der Waals surface area contributed by atoms with E-state index >= 15 is 0 Å². The molecule has 2 heterocycles. The van der Waals surface area contributed by atoms with Gasteiger partial charge < -0.3 is 4.74 Å². The van der Waals surface area contributed by atoms with E-state index in [0.29, 0.717) is 12.3 Å². The predicted molar refractivity (Wildman–Crippen MR) is 91.8 cm³/mol. The van der Waals surface area contributed by atoms with E-state index in [0.717, 1.165) is 12.3 Å². The number of fused-ring (bicyclic) bond motifs is 14. The zero-order valence-corrected chi connectivity index (χ0v) is 14.9. The summed E-state index contributed by atoms with van der Waals surface area (Å²) in [6, 6.07) is 0. The van der Waals surface area contributed by atoms with Crippen LogP contribution in [0.25, 0.3) is 0 Å². The number of rotatable bonds is 0. The summed E-state index contributed by atoms with van der Waals surface area (Å²) in [6.07, 6.45) is 17.8. The van der Waals surface area contributed by atoms with Crippen LogP contribution in [0.4, 0.5) is 0 Å². The first-order valence-electron chi connectivity index (χ1n) is 9.80. The Hall–Kier alpha value is -0.530. The van der Waals surface area contributed by atoms with Crippen LogP contribution in [0.2, 0.25) is 0 Å². The maximum absolute atomic E-state index is 12.0. The molecule has 3 fully saturated rings. The molecule has 0 unspecified atom stereocenters. The highest BCUT2D eigenvalue weighted by atomic mass is 16.6. The summed E-state index contributed by atoms with van der Waals surface area (Å²) in [5.41, 5.74) is -0.251. The van der Waals surface area contributed by atoms with Crippen molar-refractivity contribution < 1.29 is 9.53 Å². The van der Waals surface area contributed by atoms with Gasteiger partial charge in [-0.25, -0.2) is 0 Å². The van der Waals surface area contributed by atoms with Gasteiger partial charge in [0.25, 0.3) is 0 Å². The van der Waals surface area contributed by atoms with Gasteiger partial charge in [0.2, 0.25) is 0 Å². The van der Waals surface area contributed by atoms with Gasteiger partial charge in [-0.1, -0.05) is 64.2 Å². The summed E-state index contributed by atoms with van der Waals surface area (Å²) in [5, 5.41) is 0. The summed E-state index contributed by atoms with van der Waals surface area (Å²) in [7, 11) is 0. The molecule has 2 aliphatic heterocycles. The lowest BCUT2D eigenvalue weighted by atomic mass is 9.66. The van der Waals surface area contributed by atoms with Gasteiger partial charge in [-0.2, -0.15) is 0 Å². The van der Waals surface area contributed by atoms with Crippen LogP contribution in [-0.4, -0.2) is 11.6 Å². The zero-order chi connectivity index (χ0) is 15.8. The minimum Gasteiger partial charge on any atom is -0.459 e. The van der Waals surface area contributed by atoms with Crippen LogP contribution in [0, 0.1) is 11.8 Å². The van der Waals surface area contributed by atoms with Gasteiger partial charge in [-0.15, -0.1) is 0 Å². The zero-order valence-electron chi connectivity index (χ0n) is 14.9. The quantitative estimate of drug-likeness (QED) is 0.511. The van der Waals surface area contributed by atoms with Crippen molar-refractivity contribution in [1.82, 2.24) is 0 Å². The molecule has 22 heavy (non-hydrogen) atoms. The van der Waals surface area contributed by atoms with Crippen LogP contribution < -0.4 is 0 Å². The summed E-state index contributed by atoms with van der Waals surface area (Å²) >= 11 is 0. The fourth-order valence-corrected chi connectivity index (χ4v) is 4.08. The van der Waals surface area contributed by atoms with Gasteiger partial charge >= 0.3 is 5.97 Å². The van der Waals surface area contributed by atoms with Crippen molar-refractivity contribution in [2.45, 2.75) is 109 Å². The van der Waals surface area contributed by atoms with Crippen molar-refractivity contribution in [2.24, 2.45) is 11.8 Å². The Morgan fingerprint density at radius 2 is 1.32 bits per heavy atom. The third-order valence-corrected chi connectivity index (χ3v) is 5.84. The third kappa shape index (κ3) is 5.93. The Morgan fingerprint density at radius 3 is 1.91 bits per heavy atom. The lowest BCUT2D eigenvalue weighted by molar-refractivity contribution is -0.167. The van der Waals surface area contributed by atoms with E-state index in [-0.39, 0.29) is 11.6 Å². The molecule has 0 spiro atoms. The standard InChI is InChI=1S/C20H36O2/c1-20(2)18-15-17(16-18)13-11-9-7-5-3-4-6-8-10-12-14-19(21)22-20/h17-18H,3-16H2,1-2H3. The fourth-order valence-electron chi connectivity index (χ4n) is 4.08. The second kappa shape index (κ2) is 8.93. The molecular weight excluding hydrogens is 272 g/mol. The van der Waals surface area contributed by atoms with Crippen molar-refractivity contribution in [1.29, 1.82) is 0 Å². The van der Waals surface area contributed by atoms with E-state index in [1.807, 2.05) is 0 Å². The molecule has 2 heteroatoms. The lowest BCUT2D eigenvalue weighted by Gasteiger charge is -2.45. The maximum Gasteiger partial charge on any atom is 0.306 e. The molecule has 2 saturated heterocycles. The van der Waals surface area contributed by atoms with E-state index in [1.54, 1.807) is 0 Å². The molecule has 2 nitrogen and oxygen atoms in total. The van der Waals surface area contributed by atoms with Crippen molar-refractivity contribution in [2.75, 3.05) is 0 Å². The Bertz CT molecular complexity index is 329. The molecule has 3 rings (SSSR count). The molecule has 0 aromatic heterocycles. The first-order valence-corrected chi connectivity index (χ1v) is 9.80. The topological polar surface area (TPSA) is 26.3 Å². The predicted octanol–water partition coefficient (Wildman–Crippen LogP) is 6.03. The molecule has 128 valence electrons. The van der Waals surface area contributed by atoms with Crippen LogP contribution in [0.15, 0.2) is 0 Å². The van der Waals surface area contributed by atoms with Gasteiger partial charge in [-0.05, 0) is 44.9 Å². The smallest absolute Gasteiger partial charge is 0.306 e. The largest absolute Gasteiger partial charge is 0.459 e. The van der Waals surface area contributed by atoms with E-state index in [9.17, 15) is 4.79 Å². The molecule has 1 saturated carbocycles. The number of esters is 1. The summed E-state index contributed by atoms with van der Waals surface area (Å²) in [4.78, 5) is 12.0. The number of hydrogen-bond donors (Lipinski definition) is 0. The van der Waals surface area contributed by atoms with Gasteiger partial charge in [0, 0.05) is 6.42 Å². The van der Waals surface area contributed by atoms with Gasteiger partial charge in [0.15, 0.2) is 0 Å². The lowest BCUT2D eigenvalue weighted by Crippen LogP contribution is -2.44. The number of carbonyl (C=O) groups is 1. The minimum atomic E-state index is -0.251. The normalized spacial score (nSPS) is 32.2. The molecule has 1 aliphatic carbocycles. The number of ether oxygens (including phenoxy) is 1. The van der Waals surface area contributed by atoms with E-state index in [1.165, 1.54) is 77.0 Å². The molecule has 3 aliphatic rings. The highest BCUT2D eigenvalue weighted by Crippen LogP contribution is 2.45. The monoisotopic (exact) mass is 308 g/mol. The second-order valence-corrected chi connectivity index (χ2v) is 8.19. The summed E-state index contributed by atoms with van der Waals surface area (Å²) in [5.74, 6) is 1.50. The average molecular weight is 309 g/mol. The van der Waals surface area contributed by atoms with Crippen molar-refractivity contribution in [3.8, 4) is 0 Å². The van der Waals surface area contributed by atoms with Gasteiger partial charge in [0.1, 0.15) is 5.60 Å². The summed E-state index contributed by atoms with van der Waals surface area (Å²) < 4.78 is 5.79. The molecule has 0 atom stereocenters. The highest BCUT2D eigenvalue weighted by Gasteiger charge is 2.41. The minimum absolute atomic E-state index is 0.0227. The molecular formula is C20H36O2. The maximum atomic E-state index is 12.0. The van der Waals surface area contributed by atoms with Crippen molar-refractivity contribution in [3.63, 3.8) is 0 Å². The van der Waals surface area contributed by atoms with Crippen molar-refractivity contribution >= 4 is 5.97 Å². The van der Waals surface area contributed by atoms with Crippen LogP contribution in [0.3, 0.4) is 0 Å². The molecule has 0 radical (unpaired) electrons. The van der Waals surface area contributed by atoms with E-state index < -0.39 is 0 Å². The first kappa shape index (κ1) is 17.8. The van der Waals surface area contributed by atoms with E-state index in [2.05, 4.69) is 13.8 Å². The van der Waals surface area contributed by atoms with Crippen LogP contribution in [0.1, 0.15) is 104 Å². The third-order valence-electron chi connectivity index (χ3n) is 5.84. The molecule has 0 N–H and O–H groups in total. The Labute approximate surface area is 137 Å². The molecule has 0 amide bonds. The molecule has 2 bridgehead atoms. The number of hydrogen-bond acceptors (Lipinski definition) is 2. The Morgan fingerprint density at radius 1 is 0.818 bits per heavy atom. The summed E-state index contributed by atoms with van der Waals surface area (Å²) in [6.45, 7) is 4.23. The highest BCUT2D eigenvalue weighted by molar-refractivity contribution is 5.69. The second-order valence-electron chi connectivity index (χ2n) is 8.19. The first-order chi connectivity index (χ1) is 10.6. The van der Waals surface area contributed by atoms with Crippen LogP contribution in [0.5, 0.6) is 0 Å².